The quantitative estimate of drug-likeness (QED) is 0.851. The summed E-state index contributed by atoms with van der Waals surface area (Å²) in [5, 5.41) is 2.85. The van der Waals surface area contributed by atoms with Crippen LogP contribution in [-0.4, -0.2) is 42.6 Å². The van der Waals surface area contributed by atoms with Gasteiger partial charge in [-0.3, -0.25) is 9.59 Å². The van der Waals surface area contributed by atoms with Crippen molar-refractivity contribution >= 4 is 11.6 Å². The lowest BCUT2D eigenvalue weighted by Crippen LogP contribution is -2.35. The summed E-state index contributed by atoms with van der Waals surface area (Å²) >= 11 is 0. The van der Waals surface area contributed by atoms with Gasteiger partial charge in [-0.2, -0.15) is 0 Å². The third-order valence-corrected chi connectivity index (χ3v) is 4.81. The number of aromatic nitrogens is 2. The van der Waals surface area contributed by atoms with Gasteiger partial charge in [0, 0.05) is 37.1 Å². The van der Waals surface area contributed by atoms with Crippen LogP contribution in [-0.2, 0) is 0 Å². The number of ether oxygens (including phenoxy) is 1. The summed E-state index contributed by atoms with van der Waals surface area (Å²) in [6.07, 6.45) is 0.980. The lowest BCUT2D eigenvalue weighted by molar-refractivity contribution is 0.0941. The van der Waals surface area contributed by atoms with E-state index < -0.39 is 11.5 Å². The maximum absolute atomic E-state index is 12.3. The number of carbonyl (C=O) groups is 1. The van der Waals surface area contributed by atoms with Crippen LogP contribution < -0.4 is 20.5 Å². The number of nitrogens with one attached hydrogen (secondary N) is 2. The molecule has 0 bridgehead atoms. The predicted octanol–water partition coefficient (Wildman–Crippen LogP) is 1.65. The Bertz CT molecular complexity index is 862. The molecule has 1 aromatic carbocycles. The number of H-pyrrole nitrogens is 1. The highest BCUT2D eigenvalue weighted by Gasteiger charge is 2.24. The third kappa shape index (κ3) is 3.87. The van der Waals surface area contributed by atoms with Crippen molar-refractivity contribution in [1.29, 1.82) is 0 Å². The van der Waals surface area contributed by atoms with Crippen LogP contribution in [0.3, 0.4) is 0 Å². The zero-order valence-corrected chi connectivity index (χ0v) is 15.3. The average Bonchev–Trinajstić information content (AvgIpc) is 3.12. The van der Waals surface area contributed by atoms with Crippen LogP contribution in [0.1, 0.15) is 28.3 Å². The predicted molar refractivity (Wildman–Crippen MR) is 100.0 cm³/mol. The third-order valence-electron chi connectivity index (χ3n) is 4.81. The van der Waals surface area contributed by atoms with Crippen molar-refractivity contribution < 1.29 is 9.53 Å². The van der Waals surface area contributed by atoms with Crippen LogP contribution in [0, 0.1) is 19.8 Å². The van der Waals surface area contributed by atoms with Crippen molar-refractivity contribution in [2.24, 2.45) is 5.92 Å². The fraction of sp³-hybridized carbons (Fsp3) is 0.421. The number of anilines is 1. The van der Waals surface area contributed by atoms with Gasteiger partial charge >= 0.3 is 0 Å². The van der Waals surface area contributed by atoms with Crippen molar-refractivity contribution in [2.45, 2.75) is 20.3 Å². The number of benzene rings is 1. The van der Waals surface area contributed by atoms with Gasteiger partial charge in [0.05, 0.1) is 12.8 Å². The Kier molecular flexibility index (Phi) is 5.25. The number of hydrogen-bond acceptors (Lipinski definition) is 5. The van der Waals surface area contributed by atoms with Crippen molar-refractivity contribution in [3.8, 4) is 5.75 Å². The molecule has 2 N–H and O–H groups in total. The first-order chi connectivity index (χ1) is 12.5. The van der Waals surface area contributed by atoms with Gasteiger partial charge in [-0.05, 0) is 38.3 Å². The molecule has 1 amide bonds. The van der Waals surface area contributed by atoms with E-state index in [0.29, 0.717) is 23.9 Å². The van der Waals surface area contributed by atoms with Crippen LogP contribution in [0.4, 0.5) is 5.69 Å². The van der Waals surface area contributed by atoms with Crippen molar-refractivity contribution in [1.82, 2.24) is 15.3 Å². The molecule has 1 atom stereocenters. The van der Waals surface area contributed by atoms with Crippen molar-refractivity contribution in [3.05, 3.63) is 51.7 Å². The van der Waals surface area contributed by atoms with Crippen LogP contribution in [0.2, 0.25) is 0 Å². The number of nitrogens with zero attached hydrogens (tertiary/aromatic N) is 2. The normalized spacial score (nSPS) is 16.6. The van der Waals surface area contributed by atoms with E-state index in [1.54, 1.807) is 21.0 Å². The van der Waals surface area contributed by atoms with Gasteiger partial charge < -0.3 is 19.9 Å². The molecule has 138 valence electrons. The smallest absolute Gasteiger partial charge is 0.279 e. The molecule has 2 aromatic rings. The summed E-state index contributed by atoms with van der Waals surface area (Å²) in [6, 6.07) is 7.97. The molecule has 7 heteroatoms. The molecular formula is C19H24N4O3. The largest absolute Gasteiger partial charge is 0.497 e. The van der Waals surface area contributed by atoms with Crippen LogP contribution in [0.25, 0.3) is 0 Å². The minimum atomic E-state index is -0.449. The molecule has 7 nitrogen and oxygen atoms in total. The molecule has 2 heterocycles. The standard InChI is InChI=1S/C19H24N4O3/c1-12-13(2)22-19(25)17(21-12)18(24)20-10-14-7-8-23(11-14)15-5-4-6-16(9-15)26-3/h4-6,9,14H,7-8,10-11H2,1-3H3,(H,20,24)(H,22,25). The van der Waals surface area contributed by atoms with Crippen molar-refractivity contribution in [3.63, 3.8) is 0 Å². The first-order valence-corrected chi connectivity index (χ1v) is 8.72. The van der Waals surface area contributed by atoms with E-state index >= 15 is 0 Å². The molecule has 1 fully saturated rings. The Labute approximate surface area is 152 Å². The summed E-state index contributed by atoms with van der Waals surface area (Å²) in [6.45, 7) is 5.83. The van der Waals surface area contributed by atoms with Crippen LogP contribution >= 0.6 is 0 Å². The summed E-state index contributed by atoms with van der Waals surface area (Å²) in [4.78, 5) is 33.3. The van der Waals surface area contributed by atoms with E-state index in [4.69, 9.17) is 4.74 Å². The van der Waals surface area contributed by atoms with Gasteiger partial charge in [-0.15, -0.1) is 0 Å². The van der Waals surface area contributed by atoms with Gasteiger partial charge in [0.2, 0.25) is 0 Å². The highest BCUT2D eigenvalue weighted by molar-refractivity contribution is 5.91. The second-order valence-electron chi connectivity index (χ2n) is 6.64. The number of methoxy groups -OCH3 is 1. The Balaban J connectivity index is 1.58. The molecule has 1 saturated heterocycles. The Morgan fingerprint density at radius 1 is 1.42 bits per heavy atom. The number of aryl methyl sites for hydroxylation is 2. The van der Waals surface area contributed by atoms with Gasteiger partial charge in [-0.1, -0.05) is 6.07 Å². The van der Waals surface area contributed by atoms with Gasteiger partial charge in [-0.25, -0.2) is 4.98 Å². The monoisotopic (exact) mass is 356 g/mol. The van der Waals surface area contributed by atoms with Crippen LogP contribution in [0.15, 0.2) is 29.1 Å². The molecular weight excluding hydrogens is 332 g/mol. The number of aromatic amines is 1. The summed E-state index contributed by atoms with van der Waals surface area (Å²) < 4.78 is 5.28. The first-order valence-electron chi connectivity index (χ1n) is 8.72. The maximum Gasteiger partial charge on any atom is 0.279 e. The zero-order chi connectivity index (χ0) is 18.7. The number of carbonyl (C=O) groups excluding carboxylic acids is 1. The minimum absolute atomic E-state index is 0.0734. The second-order valence-corrected chi connectivity index (χ2v) is 6.64. The maximum atomic E-state index is 12.3. The van der Waals surface area contributed by atoms with E-state index in [1.807, 2.05) is 18.2 Å². The second kappa shape index (κ2) is 7.59. The topological polar surface area (TPSA) is 87.3 Å². The number of amides is 1. The van der Waals surface area contributed by atoms with E-state index in [-0.39, 0.29) is 5.69 Å². The number of rotatable bonds is 5. The Morgan fingerprint density at radius 2 is 2.23 bits per heavy atom. The Hall–Kier alpha value is -2.83. The first kappa shape index (κ1) is 18.0. The molecule has 1 unspecified atom stereocenters. The SMILES string of the molecule is COc1cccc(N2CCC(CNC(=O)c3nc(C)c(C)[nH]c3=O)C2)c1. The fourth-order valence-corrected chi connectivity index (χ4v) is 3.14. The molecule has 1 aromatic heterocycles. The zero-order valence-electron chi connectivity index (χ0n) is 15.3. The van der Waals surface area contributed by atoms with E-state index in [2.05, 4.69) is 26.3 Å². The average molecular weight is 356 g/mol. The van der Waals surface area contributed by atoms with E-state index in [0.717, 1.165) is 30.9 Å². The van der Waals surface area contributed by atoms with Gasteiger partial charge in [0.1, 0.15) is 5.75 Å². The van der Waals surface area contributed by atoms with Crippen LogP contribution in [0.5, 0.6) is 5.75 Å². The molecule has 0 spiro atoms. The van der Waals surface area contributed by atoms with Crippen molar-refractivity contribution in [2.75, 3.05) is 31.6 Å². The highest BCUT2D eigenvalue weighted by atomic mass is 16.5. The van der Waals surface area contributed by atoms with E-state index in [1.165, 1.54) is 0 Å². The molecule has 0 saturated carbocycles. The lowest BCUT2D eigenvalue weighted by atomic mass is 10.1. The number of hydrogen-bond donors (Lipinski definition) is 2. The molecule has 0 aliphatic carbocycles. The molecule has 1 aliphatic heterocycles. The lowest BCUT2D eigenvalue weighted by Gasteiger charge is -2.19. The fourth-order valence-electron chi connectivity index (χ4n) is 3.14. The Morgan fingerprint density at radius 3 is 3.00 bits per heavy atom. The molecule has 1 aliphatic rings. The van der Waals surface area contributed by atoms with E-state index in [9.17, 15) is 9.59 Å². The minimum Gasteiger partial charge on any atom is -0.497 e. The summed E-state index contributed by atoms with van der Waals surface area (Å²) in [5.41, 5.74) is 1.92. The molecule has 3 rings (SSSR count). The molecule has 0 radical (unpaired) electrons. The van der Waals surface area contributed by atoms with Gasteiger partial charge in [0.15, 0.2) is 5.69 Å². The van der Waals surface area contributed by atoms with Gasteiger partial charge in [0.25, 0.3) is 11.5 Å². The summed E-state index contributed by atoms with van der Waals surface area (Å²) in [7, 11) is 1.66. The summed E-state index contributed by atoms with van der Waals surface area (Å²) in [5.74, 6) is 0.740. The highest BCUT2D eigenvalue weighted by Crippen LogP contribution is 2.26. The molecule has 26 heavy (non-hydrogen) atoms.